The summed E-state index contributed by atoms with van der Waals surface area (Å²) in [6.45, 7) is 17.1. The molecule has 0 spiro atoms. The highest BCUT2D eigenvalue weighted by Crippen LogP contribution is 2.04. The monoisotopic (exact) mass is 737 g/mol. The first-order valence-electron chi connectivity index (χ1n) is 16.8. The summed E-state index contributed by atoms with van der Waals surface area (Å²) in [6, 6.07) is 0. The van der Waals surface area contributed by atoms with Crippen molar-refractivity contribution in [3.63, 3.8) is 0 Å². The van der Waals surface area contributed by atoms with E-state index in [1.54, 1.807) is 0 Å². The first-order chi connectivity index (χ1) is 24.7. The van der Waals surface area contributed by atoms with Crippen LogP contribution in [0.25, 0.3) is 20.9 Å². The second-order valence-corrected chi connectivity index (χ2v) is 9.58. The Labute approximate surface area is 299 Å². The lowest BCUT2D eigenvalue weighted by molar-refractivity contribution is -0.152. The molecule has 0 aromatic heterocycles. The Morgan fingerprint density at radius 1 is 0.725 bits per heavy atom. The van der Waals surface area contributed by atoms with E-state index >= 15 is 0 Å². The fourth-order valence-electron chi connectivity index (χ4n) is 3.14. The van der Waals surface area contributed by atoms with E-state index in [1.807, 2.05) is 0 Å². The number of nitrogens with two attached hydrogens (primary N) is 1. The predicted octanol–water partition coefficient (Wildman–Crippen LogP) is 1.83. The predicted molar refractivity (Wildman–Crippen MR) is 186 cm³/mol. The van der Waals surface area contributed by atoms with E-state index in [4.69, 9.17) is 50.3 Å². The Kier molecular flexibility index (Phi) is 45.1. The standard InChI is InChI=1S/C12H22N4O6.C8H18N4O3.C6H15N.C4H4O3/c13-16-15-4-6-21-8-10-22-9-7-20-5-3-14-11(17)1-2-12(18)19;9-1-3-13-5-7-15-8-6-14-4-2-11-12-10;1-4-7(5-2)6-3;5-3-1-2-4(6)7-3/h1-10H2,(H,14,17)(H,18,19);1-9H2;4-6H2,1-3H3;1-2H2. The molecule has 21 heteroatoms. The van der Waals surface area contributed by atoms with Gasteiger partial charge in [-0.2, -0.15) is 0 Å². The quantitative estimate of drug-likeness (QED) is 0.0246. The van der Waals surface area contributed by atoms with Gasteiger partial charge >= 0.3 is 17.9 Å². The Balaban J connectivity index is -0.000000676. The van der Waals surface area contributed by atoms with Crippen LogP contribution in [0.4, 0.5) is 0 Å². The molecule has 51 heavy (non-hydrogen) atoms. The van der Waals surface area contributed by atoms with Crippen molar-refractivity contribution in [3.8, 4) is 0 Å². The number of carbonyl (C=O) groups excluding carboxylic acids is 3. The molecular formula is C30H59N9O12. The molecule has 0 radical (unpaired) electrons. The molecule has 0 aromatic rings. The average molecular weight is 738 g/mol. The molecule has 0 unspecified atom stereocenters. The lowest BCUT2D eigenvalue weighted by atomic mass is 10.3. The molecule has 1 amide bonds. The Morgan fingerprint density at radius 2 is 1.12 bits per heavy atom. The number of esters is 2. The van der Waals surface area contributed by atoms with Crippen molar-refractivity contribution in [1.82, 2.24) is 10.2 Å². The number of nitrogens with zero attached hydrogens (tertiary/aromatic N) is 7. The summed E-state index contributed by atoms with van der Waals surface area (Å²) >= 11 is 0. The normalized spacial score (nSPS) is 11.4. The number of rotatable bonds is 29. The Hall–Kier alpha value is -3.62. The summed E-state index contributed by atoms with van der Waals surface area (Å²) in [4.78, 5) is 49.0. The molecule has 1 rings (SSSR count). The highest BCUT2D eigenvalue weighted by Gasteiger charge is 2.19. The molecule has 0 bridgehead atoms. The van der Waals surface area contributed by atoms with Crippen LogP contribution in [0.5, 0.6) is 0 Å². The fraction of sp³-hybridized carbons (Fsp3) is 0.867. The van der Waals surface area contributed by atoms with E-state index in [9.17, 15) is 19.2 Å². The summed E-state index contributed by atoms with van der Waals surface area (Å²) in [6.07, 6.45) is 0.321. The first kappa shape index (κ1) is 51.7. The van der Waals surface area contributed by atoms with Crippen LogP contribution in [0.3, 0.4) is 0 Å². The van der Waals surface area contributed by atoms with Crippen molar-refractivity contribution in [1.29, 1.82) is 0 Å². The Bertz CT molecular complexity index is 930. The van der Waals surface area contributed by atoms with Gasteiger partial charge in [-0.3, -0.25) is 19.2 Å². The topological polar surface area (TPSA) is 292 Å². The summed E-state index contributed by atoms with van der Waals surface area (Å²) in [5, 5.41) is 17.6. The average Bonchev–Trinajstić information content (AvgIpc) is 3.51. The second-order valence-electron chi connectivity index (χ2n) is 9.58. The third-order valence-corrected chi connectivity index (χ3v) is 5.79. The van der Waals surface area contributed by atoms with E-state index in [0.29, 0.717) is 105 Å². The largest absolute Gasteiger partial charge is 0.481 e. The number of nitrogens with one attached hydrogen (secondary N) is 1. The number of aliphatic carboxylic acids is 1. The third kappa shape index (κ3) is 48.5. The van der Waals surface area contributed by atoms with Gasteiger partial charge in [0, 0.05) is 42.4 Å². The zero-order valence-corrected chi connectivity index (χ0v) is 30.4. The molecule has 0 saturated carbocycles. The molecule has 1 saturated heterocycles. The summed E-state index contributed by atoms with van der Waals surface area (Å²) in [7, 11) is 0. The molecule has 296 valence electrons. The van der Waals surface area contributed by atoms with Gasteiger partial charge in [0.25, 0.3) is 0 Å². The molecule has 0 aliphatic carbocycles. The van der Waals surface area contributed by atoms with Crippen LogP contribution >= 0.6 is 0 Å². The van der Waals surface area contributed by atoms with Crippen molar-refractivity contribution in [2.24, 2.45) is 16.0 Å². The number of hydrogen-bond donors (Lipinski definition) is 3. The highest BCUT2D eigenvalue weighted by molar-refractivity contribution is 5.92. The van der Waals surface area contributed by atoms with Crippen LogP contribution in [0.2, 0.25) is 0 Å². The van der Waals surface area contributed by atoms with E-state index in [0.717, 1.165) is 0 Å². The van der Waals surface area contributed by atoms with Crippen molar-refractivity contribution >= 4 is 23.8 Å². The number of ether oxygens (including phenoxy) is 7. The molecule has 4 N–H and O–H groups in total. The molecule has 1 heterocycles. The smallest absolute Gasteiger partial charge is 0.314 e. The number of carbonyl (C=O) groups is 4. The zero-order chi connectivity index (χ0) is 38.6. The maximum atomic E-state index is 11.2. The maximum absolute atomic E-state index is 11.2. The van der Waals surface area contributed by atoms with Gasteiger partial charge in [0.2, 0.25) is 5.91 Å². The van der Waals surface area contributed by atoms with E-state index in [2.05, 4.69) is 55.8 Å². The molecule has 0 aromatic carbocycles. The SMILES string of the molecule is CCN(CC)CC.O=C1CCC(=O)O1.[N-]=[N+]=NCCOCCOCCOCCN.[N-]=[N+]=NCCOCCOCCOCCNC(=O)CCC(=O)O. The van der Waals surface area contributed by atoms with E-state index in [1.165, 1.54) is 19.6 Å². The fourth-order valence-corrected chi connectivity index (χ4v) is 3.14. The zero-order valence-electron chi connectivity index (χ0n) is 30.4. The minimum Gasteiger partial charge on any atom is -0.481 e. The number of carboxylic acid groups (broad SMARTS) is 1. The van der Waals surface area contributed by atoms with Crippen molar-refractivity contribution in [2.45, 2.75) is 46.5 Å². The van der Waals surface area contributed by atoms with Gasteiger partial charge in [0.05, 0.1) is 98.5 Å². The van der Waals surface area contributed by atoms with Crippen LogP contribution in [0.1, 0.15) is 46.5 Å². The van der Waals surface area contributed by atoms with E-state index < -0.39 is 17.9 Å². The van der Waals surface area contributed by atoms with Crippen LogP contribution in [0.15, 0.2) is 10.2 Å². The van der Waals surface area contributed by atoms with Crippen LogP contribution < -0.4 is 11.1 Å². The molecular weight excluding hydrogens is 678 g/mol. The minimum absolute atomic E-state index is 0.0296. The van der Waals surface area contributed by atoms with Crippen molar-refractivity contribution < 1.29 is 57.4 Å². The number of azide groups is 2. The van der Waals surface area contributed by atoms with Crippen molar-refractivity contribution in [3.05, 3.63) is 20.9 Å². The minimum atomic E-state index is -0.995. The summed E-state index contributed by atoms with van der Waals surface area (Å²) < 4.78 is 35.1. The first-order valence-corrected chi connectivity index (χ1v) is 16.8. The van der Waals surface area contributed by atoms with Crippen LogP contribution in [0, 0.1) is 0 Å². The summed E-state index contributed by atoms with van der Waals surface area (Å²) in [5.41, 5.74) is 21.2. The molecule has 0 atom stereocenters. The van der Waals surface area contributed by atoms with Crippen LogP contribution in [-0.2, 0) is 52.3 Å². The maximum Gasteiger partial charge on any atom is 0.314 e. The molecule has 1 aliphatic rings. The third-order valence-electron chi connectivity index (χ3n) is 5.79. The highest BCUT2D eigenvalue weighted by atomic mass is 16.6. The molecule has 1 aliphatic heterocycles. The van der Waals surface area contributed by atoms with Gasteiger partial charge in [-0.25, -0.2) is 0 Å². The molecule has 21 nitrogen and oxygen atoms in total. The van der Waals surface area contributed by atoms with E-state index in [-0.39, 0.29) is 31.6 Å². The number of hydrogen-bond acceptors (Lipinski definition) is 15. The van der Waals surface area contributed by atoms with Gasteiger partial charge < -0.3 is 54.2 Å². The number of amides is 1. The van der Waals surface area contributed by atoms with Crippen LogP contribution in [-0.4, -0.2) is 159 Å². The van der Waals surface area contributed by atoms with Crippen molar-refractivity contribution in [2.75, 3.05) is 125 Å². The Morgan fingerprint density at radius 3 is 1.43 bits per heavy atom. The van der Waals surface area contributed by atoms with Gasteiger partial charge in [0.15, 0.2) is 0 Å². The van der Waals surface area contributed by atoms with Gasteiger partial charge in [-0.1, -0.05) is 31.0 Å². The van der Waals surface area contributed by atoms with Gasteiger partial charge in [0.1, 0.15) is 0 Å². The molecule has 1 fully saturated rings. The summed E-state index contributed by atoms with van der Waals surface area (Å²) in [5.74, 6) is -2.10. The number of carboxylic acids is 1. The lowest BCUT2D eigenvalue weighted by Gasteiger charge is -2.13. The van der Waals surface area contributed by atoms with Gasteiger partial charge in [-0.05, 0) is 30.7 Å². The second kappa shape index (κ2) is 44.4. The number of cyclic esters (lactones) is 2. The van der Waals surface area contributed by atoms with Gasteiger partial charge in [-0.15, -0.1) is 0 Å². The lowest BCUT2D eigenvalue weighted by Crippen LogP contribution is -2.27.